The third-order valence-electron chi connectivity index (χ3n) is 4.02. The summed E-state index contributed by atoms with van der Waals surface area (Å²) in [7, 11) is 0. The van der Waals surface area contributed by atoms with E-state index in [0.717, 1.165) is 25.7 Å². The Morgan fingerprint density at radius 3 is 1.05 bits per heavy atom. The molecule has 0 aromatic heterocycles. The molecule has 2 rings (SSSR count). The molecule has 0 atom stereocenters. The molecule has 0 saturated heterocycles. The van der Waals surface area contributed by atoms with Gasteiger partial charge < -0.3 is 11.5 Å². The van der Waals surface area contributed by atoms with E-state index < -0.39 is 0 Å². The van der Waals surface area contributed by atoms with Crippen LogP contribution in [0, 0.1) is 11.8 Å². The van der Waals surface area contributed by atoms with Crippen molar-refractivity contribution in [3.8, 4) is 0 Å². The Morgan fingerprint density at radius 2 is 0.895 bits per heavy atom. The van der Waals surface area contributed by atoms with Gasteiger partial charge in [-0.15, -0.1) is 0 Å². The summed E-state index contributed by atoms with van der Waals surface area (Å²) in [6.07, 6.45) is 11.4. The molecule has 0 heterocycles. The first-order chi connectivity index (χ1) is 8.61. The molecule has 2 amide bonds. The second-order valence-electron chi connectivity index (χ2n) is 5.47. The molecule has 2 aliphatic carbocycles. The molecule has 0 spiro atoms. The van der Waals surface area contributed by atoms with E-state index in [9.17, 15) is 9.59 Å². The fourth-order valence-corrected chi connectivity index (χ4v) is 2.77. The van der Waals surface area contributed by atoms with E-state index in [1.54, 1.807) is 0 Å². The van der Waals surface area contributed by atoms with Crippen molar-refractivity contribution in [3.05, 3.63) is 0 Å². The van der Waals surface area contributed by atoms with E-state index in [-0.39, 0.29) is 42.5 Å². The van der Waals surface area contributed by atoms with Crippen LogP contribution in [0.5, 0.6) is 0 Å². The minimum absolute atomic E-state index is 0. The number of nitrogens with two attached hydrogens (primary N) is 2. The van der Waals surface area contributed by atoms with Gasteiger partial charge in [-0.3, -0.25) is 9.59 Å². The van der Waals surface area contributed by atoms with Gasteiger partial charge in [0.15, 0.2) is 0 Å². The van der Waals surface area contributed by atoms with Crippen LogP contribution in [0.4, 0.5) is 0 Å². The number of carbonyl (C=O) groups is 2. The summed E-state index contributed by atoms with van der Waals surface area (Å²) < 4.78 is 0. The SMILES string of the molecule is NC(=O)C1CCCCC1.NC(=O)C1CCCCC1.[LiH]. The number of amides is 2. The van der Waals surface area contributed by atoms with Crippen LogP contribution in [-0.4, -0.2) is 30.7 Å². The quantitative estimate of drug-likeness (QED) is 0.738. The number of carbonyl (C=O) groups excluding carboxylic acids is 2. The van der Waals surface area contributed by atoms with Gasteiger partial charge in [0, 0.05) is 11.8 Å². The molecule has 0 bridgehead atoms. The summed E-state index contributed by atoms with van der Waals surface area (Å²) in [5.74, 6) is 0.182. The molecule has 5 heteroatoms. The zero-order valence-corrected chi connectivity index (χ0v) is 11.2. The molecule has 4 N–H and O–H groups in total. The van der Waals surface area contributed by atoms with Gasteiger partial charge in [0.25, 0.3) is 0 Å². The van der Waals surface area contributed by atoms with Crippen LogP contribution >= 0.6 is 0 Å². The summed E-state index contributed by atoms with van der Waals surface area (Å²) >= 11 is 0. The first-order valence-corrected chi connectivity index (χ1v) is 7.20. The van der Waals surface area contributed by atoms with E-state index in [1.807, 2.05) is 0 Å². The summed E-state index contributed by atoms with van der Waals surface area (Å²) in [5, 5.41) is 0. The molecule has 19 heavy (non-hydrogen) atoms. The average molecular weight is 262 g/mol. The Labute approximate surface area is 128 Å². The zero-order valence-electron chi connectivity index (χ0n) is 11.2. The number of hydrogen-bond acceptors (Lipinski definition) is 2. The Balaban J connectivity index is 0.000000324. The second-order valence-corrected chi connectivity index (χ2v) is 5.47. The van der Waals surface area contributed by atoms with Gasteiger partial charge in [0.1, 0.15) is 0 Å². The van der Waals surface area contributed by atoms with Gasteiger partial charge >= 0.3 is 18.9 Å². The first-order valence-electron chi connectivity index (χ1n) is 7.20. The van der Waals surface area contributed by atoms with Crippen LogP contribution in [0.1, 0.15) is 64.2 Å². The number of primary amides is 2. The molecule has 0 aliphatic heterocycles. The van der Waals surface area contributed by atoms with Gasteiger partial charge in [-0.25, -0.2) is 0 Å². The Hall–Kier alpha value is -0.463. The first kappa shape index (κ1) is 18.5. The van der Waals surface area contributed by atoms with Crippen molar-refractivity contribution >= 4 is 30.7 Å². The molecule has 0 radical (unpaired) electrons. The predicted molar refractivity (Wildman–Crippen MR) is 78.7 cm³/mol. The monoisotopic (exact) mass is 262 g/mol. The molecule has 0 aromatic rings. The fourth-order valence-electron chi connectivity index (χ4n) is 2.77. The van der Waals surface area contributed by atoms with E-state index in [1.165, 1.54) is 38.5 Å². The van der Waals surface area contributed by atoms with Crippen LogP contribution < -0.4 is 11.5 Å². The molecule has 0 unspecified atom stereocenters. The van der Waals surface area contributed by atoms with Crippen LogP contribution in [0.25, 0.3) is 0 Å². The minimum atomic E-state index is -0.102. The normalized spacial score (nSPS) is 20.6. The van der Waals surface area contributed by atoms with E-state index in [0.29, 0.717) is 0 Å². The van der Waals surface area contributed by atoms with Crippen molar-refractivity contribution in [2.75, 3.05) is 0 Å². The maximum atomic E-state index is 10.6. The molecular formula is C14H27LiN2O2. The van der Waals surface area contributed by atoms with Gasteiger partial charge in [-0.1, -0.05) is 38.5 Å². The van der Waals surface area contributed by atoms with Gasteiger partial charge in [-0.05, 0) is 25.7 Å². The van der Waals surface area contributed by atoms with Gasteiger partial charge in [0.05, 0.1) is 0 Å². The van der Waals surface area contributed by atoms with E-state index in [2.05, 4.69) is 0 Å². The van der Waals surface area contributed by atoms with E-state index >= 15 is 0 Å². The third-order valence-corrected chi connectivity index (χ3v) is 4.02. The fraction of sp³-hybridized carbons (Fsp3) is 0.857. The summed E-state index contributed by atoms with van der Waals surface area (Å²) in [6, 6.07) is 0. The Bertz CT molecular complexity index is 245. The van der Waals surface area contributed by atoms with Crippen LogP contribution in [-0.2, 0) is 9.59 Å². The summed E-state index contributed by atoms with van der Waals surface area (Å²) in [4.78, 5) is 21.2. The second kappa shape index (κ2) is 10.3. The number of rotatable bonds is 2. The number of hydrogen-bond donors (Lipinski definition) is 2. The van der Waals surface area contributed by atoms with Crippen molar-refractivity contribution in [3.63, 3.8) is 0 Å². The average Bonchev–Trinajstić information content (AvgIpc) is 2.41. The van der Waals surface area contributed by atoms with Crippen LogP contribution in [0.2, 0.25) is 0 Å². The molecule has 4 nitrogen and oxygen atoms in total. The van der Waals surface area contributed by atoms with Gasteiger partial charge in [0.2, 0.25) is 11.8 Å². The maximum absolute atomic E-state index is 10.6. The van der Waals surface area contributed by atoms with E-state index in [4.69, 9.17) is 11.5 Å². The molecular weight excluding hydrogens is 235 g/mol. The van der Waals surface area contributed by atoms with Crippen molar-refractivity contribution in [1.82, 2.24) is 0 Å². The van der Waals surface area contributed by atoms with Crippen LogP contribution in [0.3, 0.4) is 0 Å². The summed E-state index contributed by atoms with van der Waals surface area (Å²) in [5.41, 5.74) is 10.3. The van der Waals surface area contributed by atoms with Crippen LogP contribution in [0.15, 0.2) is 0 Å². The zero-order chi connectivity index (χ0) is 13.4. The van der Waals surface area contributed by atoms with Crippen molar-refractivity contribution < 1.29 is 9.59 Å². The summed E-state index contributed by atoms with van der Waals surface area (Å²) in [6.45, 7) is 0. The predicted octanol–water partition coefficient (Wildman–Crippen LogP) is 1.46. The molecule has 0 aromatic carbocycles. The van der Waals surface area contributed by atoms with Crippen molar-refractivity contribution in [1.29, 1.82) is 0 Å². The van der Waals surface area contributed by atoms with Gasteiger partial charge in [-0.2, -0.15) is 0 Å². The topological polar surface area (TPSA) is 86.2 Å². The standard InChI is InChI=1S/2C7H13NO.Li.H/c2*8-7(9)6-4-2-1-3-5-6;;/h2*6H,1-5H2,(H2,8,9);;. The Kier molecular flexibility index (Phi) is 10.1. The molecule has 2 saturated carbocycles. The molecule has 2 aliphatic rings. The third kappa shape index (κ3) is 7.64. The molecule has 2 fully saturated rings. The Morgan fingerprint density at radius 1 is 0.632 bits per heavy atom. The molecule has 106 valence electrons. The van der Waals surface area contributed by atoms with Crippen molar-refractivity contribution in [2.45, 2.75) is 64.2 Å². The van der Waals surface area contributed by atoms with Crippen molar-refractivity contribution in [2.24, 2.45) is 23.3 Å².